The van der Waals surface area contributed by atoms with Gasteiger partial charge in [-0.1, -0.05) is 124 Å². The Bertz CT molecular complexity index is 2960. The van der Waals surface area contributed by atoms with Crippen LogP contribution >= 0.6 is 63.7 Å². The summed E-state index contributed by atoms with van der Waals surface area (Å²) in [5.41, 5.74) is 1.46. The highest BCUT2D eigenvalue weighted by molar-refractivity contribution is 9.11. The van der Waals surface area contributed by atoms with Crippen LogP contribution in [0.4, 0.5) is 0 Å². The molecule has 5 aromatic rings. The molecule has 4 amide bonds. The highest BCUT2D eigenvalue weighted by atomic mass is 79.9. The minimum atomic E-state index is -1.20. The molecule has 5 aromatic carbocycles. The maximum absolute atomic E-state index is 14.9. The Morgan fingerprint density at radius 2 is 1.01 bits per heavy atom. The molecular weight excluding hydrogens is 1180 g/mol. The summed E-state index contributed by atoms with van der Waals surface area (Å²) in [6.45, 7) is 16.9. The molecule has 0 saturated heterocycles. The minimum absolute atomic E-state index is 0.0623. The monoisotopic (exact) mass is 1220 g/mol. The number of ether oxygens (including phenoxy) is 4. The van der Waals surface area contributed by atoms with Crippen molar-refractivity contribution in [1.82, 2.24) is 9.80 Å². The predicted octanol–water partition coefficient (Wildman–Crippen LogP) is 12.1. The van der Waals surface area contributed by atoms with Crippen molar-refractivity contribution >= 4 is 154 Å². The molecular formula is C53H52Br4N2O12. The van der Waals surface area contributed by atoms with Crippen LogP contribution in [0.1, 0.15) is 128 Å². The molecule has 0 N–H and O–H groups in total. The van der Waals surface area contributed by atoms with E-state index in [1.54, 1.807) is 24.3 Å². The van der Waals surface area contributed by atoms with Gasteiger partial charge in [0.15, 0.2) is 6.10 Å². The summed E-state index contributed by atoms with van der Waals surface area (Å²) in [5.74, 6) is -5.01. The molecule has 14 nitrogen and oxygen atoms in total. The van der Waals surface area contributed by atoms with Crippen molar-refractivity contribution < 1.29 is 57.3 Å². The van der Waals surface area contributed by atoms with E-state index in [1.165, 1.54) is 18.7 Å². The van der Waals surface area contributed by atoms with Gasteiger partial charge in [-0.2, -0.15) is 0 Å². The van der Waals surface area contributed by atoms with Gasteiger partial charge in [0, 0.05) is 101 Å². The van der Waals surface area contributed by atoms with E-state index in [2.05, 4.69) is 90.7 Å². The second-order valence-electron chi connectivity index (χ2n) is 18.6. The van der Waals surface area contributed by atoms with E-state index < -0.39 is 73.9 Å². The Balaban J connectivity index is 1.19. The van der Waals surface area contributed by atoms with Crippen molar-refractivity contribution in [3.63, 3.8) is 0 Å². The van der Waals surface area contributed by atoms with Crippen molar-refractivity contribution in [2.24, 2.45) is 11.8 Å². The molecule has 374 valence electrons. The zero-order chi connectivity index (χ0) is 51.9. The van der Waals surface area contributed by atoms with Crippen LogP contribution in [0.15, 0.2) is 66.5 Å². The first kappa shape index (κ1) is 53.8. The first-order chi connectivity index (χ1) is 33.6. The number of rotatable bonds is 21. The Labute approximate surface area is 444 Å². The molecule has 2 unspecified atom stereocenters. The van der Waals surface area contributed by atoms with Crippen LogP contribution in [0, 0.1) is 11.8 Å². The van der Waals surface area contributed by atoms with E-state index in [9.17, 15) is 38.4 Å². The maximum Gasteiger partial charge on any atom is 0.333 e. The number of amides is 4. The molecule has 0 aromatic heterocycles. The SMILES string of the molecule is C=C(C)C(=O)OCC(COC(=O)C(=C)C)OC(=O)CCC(=O)OCC(CC(C)C)N1C(=O)c2cc(Br)c3c4c(Br)cc5c6c(cc(Br)c(c7c(Br)cc(c2c37)C1=O)c64)C(=O)N(CC(CC)CCCC)C5=O. The fourth-order valence-electron chi connectivity index (χ4n) is 9.40. The molecule has 0 spiro atoms. The number of nitrogens with zero attached hydrogens (tertiary/aromatic N) is 2. The number of benzene rings is 5. The second-order valence-corrected chi connectivity index (χ2v) is 22.0. The summed E-state index contributed by atoms with van der Waals surface area (Å²) in [6.07, 6.45) is 1.92. The van der Waals surface area contributed by atoms with E-state index in [-0.39, 0.29) is 59.0 Å². The van der Waals surface area contributed by atoms with Crippen LogP contribution in [0.5, 0.6) is 0 Å². The van der Waals surface area contributed by atoms with E-state index in [1.807, 2.05) is 13.8 Å². The molecule has 71 heavy (non-hydrogen) atoms. The smallest absolute Gasteiger partial charge is 0.333 e. The third-order valence-electron chi connectivity index (χ3n) is 12.8. The minimum Gasteiger partial charge on any atom is -0.463 e. The van der Waals surface area contributed by atoms with Gasteiger partial charge in [-0.05, 0) is 62.8 Å². The molecule has 0 radical (unpaired) electrons. The normalized spacial score (nSPS) is 14.4. The summed E-state index contributed by atoms with van der Waals surface area (Å²) < 4.78 is 23.4. The number of fused-ring (bicyclic) bond motifs is 2. The van der Waals surface area contributed by atoms with Crippen molar-refractivity contribution in [3.05, 3.63) is 88.7 Å². The first-order valence-corrected chi connectivity index (χ1v) is 26.5. The number of carbonyl (C=O) groups is 8. The van der Waals surface area contributed by atoms with E-state index in [4.69, 9.17) is 18.9 Å². The summed E-state index contributed by atoms with van der Waals surface area (Å²) in [6, 6.07) is 5.97. The molecule has 2 aliphatic rings. The van der Waals surface area contributed by atoms with Gasteiger partial charge >= 0.3 is 23.9 Å². The van der Waals surface area contributed by atoms with Gasteiger partial charge in [-0.3, -0.25) is 38.6 Å². The number of imide groups is 2. The lowest BCUT2D eigenvalue weighted by Gasteiger charge is -2.35. The van der Waals surface area contributed by atoms with E-state index in [0.29, 0.717) is 78.7 Å². The fraction of sp³-hybridized carbons (Fsp3) is 0.396. The number of carbonyl (C=O) groups excluding carboxylic acids is 8. The first-order valence-electron chi connectivity index (χ1n) is 23.3. The highest BCUT2D eigenvalue weighted by Crippen LogP contribution is 2.54. The van der Waals surface area contributed by atoms with Crippen LogP contribution in [0.25, 0.3) is 43.1 Å². The topological polar surface area (TPSA) is 180 Å². The summed E-state index contributed by atoms with van der Waals surface area (Å²) >= 11 is 15.3. The van der Waals surface area contributed by atoms with Crippen molar-refractivity contribution in [2.75, 3.05) is 26.4 Å². The average molecular weight is 1230 g/mol. The standard InChI is InChI=1S/C53H52Br4N2O12/c1-9-11-12-27(10-2)20-58-48(62)30-16-34(54)42-44-36(56)18-32-41-33(19-37(57)45(47(41)44)43-35(55)17-31(49(58)63)40(30)46(42)43)51(65)59(50(32)64)28(15-24(3)4)21-68-38(60)13-14-39(61)71-29(22-69-52(66)25(5)6)23-70-53(67)26(7)8/h16-19,24,27-29H,5,7,9-15,20-23H2,1-4,6,8H3. The highest BCUT2D eigenvalue weighted by Gasteiger charge is 2.42. The summed E-state index contributed by atoms with van der Waals surface area (Å²) in [4.78, 5) is 111. The zero-order valence-electron chi connectivity index (χ0n) is 40.1. The molecule has 2 heterocycles. The number of hydrogen-bond donors (Lipinski definition) is 0. The van der Waals surface area contributed by atoms with E-state index >= 15 is 0 Å². The lowest BCUT2D eigenvalue weighted by atomic mass is 9.81. The number of unbranched alkanes of at least 4 members (excludes halogenated alkanes) is 1. The lowest BCUT2D eigenvalue weighted by molar-refractivity contribution is -0.165. The van der Waals surface area contributed by atoms with Crippen molar-refractivity contribution in [3.8, 4) is 0 Å². The van der Waals surface area contributed by atoms with Gasteiger partial charge in [0.1, 0.15) is 19.8 Å². The van der Waals surface area contributed by atoms with Crippen LogP contribution in [0.2, 0.25) is 0 Å². The molecule has 2 atom stereocenters. The van der Waals surface area contributed by atoms with Gasteiger partial charge in [-0.25, -0.2) is 9.59 Å². The number of esters is 4. The second kappa shape index (κ2) is 22.0. The van der Waals surface area contributed by atoms with Crippen LogP contribution < -0.4 is 0 Å². The molecule has 18 heteroatoms. The lowest BCUT2D eigenvalue weighted by Crippen LogP contribution is -2.49. The van der Waals surface area contributed by atoms with Crippen LogP contribution in [-0.4, -0.2) is 95.8 Å². The Hall–Kier alpha value is -5.04. The number of halogens is 4. The molecule has 0 saturated carbocycles. The van der Waals surface area contributed by atoms with Gasteiger partial charge < -0.3 is 18.9 Å². The Kier molecular flexibility index (Phi) is 16.6. The van der Waals surface area contributed by atoms with Crippen LogP contribution in [-0.2, 0) is 38.1 Å². The third-order valence-corrected chi connectivity index (χ3v) is 15.3. The largest absolute Gasteiger partial charge is 0.463 e. The molecule has 0 bridgehead atoms. The van der Waals surface area contributed by atoms with Gasteiger partial charge in [-0.15, -0.1) is 0 Å². The van der Waals surface area contributed by atoms with Gasteiger partial charge in [0.05, 0.1) is 18.9 Å². The zero-order valence-corrected chi connectivity index (χ0v) is 46.5. The third kappa shape index (κ3) is 10.5. The Morgan fingerprint density at radius 1 is 0.592 bits per heavy atom. The maximum atomic E-state index is 14.9. The van der Waals surface area contributed by atoms with Crippen molar-refractivity contribution in [2.45, 2.75) is 98.6 Å². The van der Waals surface area contributed by atoms with Crippen molar-refractivity contribution in [1.29, 1.82) is 0 Å². The average Bonchev–Trinajstić information content (AvgIpc) is 3.31. The quantitative estimate of drug-likeness (QED) is 0.0170. The van der Waals surface area contributed by atoms with Gasteiger partial charge in [0.25, 0.3) is 23.6 Å². The summed E-state index contributed by atoms with van der Waals surface area (Å²) in [5, 5.41) is 4.92. The van der Waals surface area contributed by atoms with E-state index in [0.717, 1.165) is 30.6 Å². The molecule has 2 aliphatic heterocycles. The Morgan fingerprint density at radius 3 is 1.41 bits per heavy atom. The van der Waals surface area contributed by atoms with Crippen LogP contribution in [0.3, 0.4) is 0 Å². The molecule has 7 rings (SSSR count). The summed E-state index contributed by atoms with van der Waals surface area (Å²) in [7, 11) is 0. The molecule has 0 fully saturated rings. The fourth-order valence-corrected chi connectivity index (χ4v) is 11.9. The predicted molar refractivity (Wildman–Crippen MR) is 282 cm³/mol. The molecule has 0 aliphatic carbocycles. The number of hydrogen-bond acceptors (Lipinski definition) is 12. The van der Waals surface area contributed by atoms with Gasteiger partial charge in [0.2, 0.25) is 0 Å².